The van der Waals surface area contributed by atoms with Gasteiger partial charge in [0.2, 0.25) is 0 Å². The Morgan fingerprint density at radius 1 is 0.732 bits per heavy atom. The molecule has 4 aromatic rings. The van der Waals surface area contributed by atoms with Crippen molar-refractivity contribution in [2.24, 2.45) is 0 Å². The number of rotatable bonds is 10. The Labute approximate surface area is 243 Å². The number of ether oxygens (including phenoxy) is 2. The van der Waals surface area contributed by atoms with Crippen LogP contribution in [0.1, 0.15) is 34.8 Å². The molecule has 0 amide bonds. The number of para-hydroxylation sites is 3. The summed E-state index contributed by atoms with van der Waals surface area (Å²) >= 11 is 0. The van der Waals surface area contributed by atoms with E-state index in [1.165, 1.54) is 0 Å². The molecule has 41 heavy (non-hydrogen) atoms. The highest BCUT2D eigenvalue weighted by molar-refractivity contribution is 7.92. The zero-order valence-electron chi connectivity index (χ0n) is 23.8. The van der Waals surface area contributed by atoms with E-state index < -0.39 is 10.0 Å². The highest BCUT2D eigenvalue weighted by Crippen LogP contribution is 2.38. The zero-order valence-corrected chi connectivity index (χ0v) is 24.6. The van der Waals surface area contributed by atoms with Gasteiger partial charge in [-0.2, -0.15) is 0 Å². The first-order chi connectivity index (χ1) is 19.9. The van der Waals surface area contributed by atoms with Crippen LogP contribution in [0.15, 0.2) is 102 Å². The molecule has 5 rings (SSSR count). The van der Waals surface area contributed by atoms with Crippen LogP contribution in [0.5, 0.6) is 11.5 Å². The van der Waals surface area contributed by atoms with Gasteiger partial charge in [-0.05, 0) is 43.7 Å². The summed E-state index contributed by atoms with van der Waals surface area (Å²) < 4.78 is 41.2. The number of methoxy groups -OCH3 is 2. The van der Waals surface area contributed by atoms with Gasteiger partial charge < -0.3 is 9.47 Å². The molecule has 8 heteroatoms. The maximum absolute atomic E-state index is 13.5. The summed E-state index contributed by atoms with van der Waals surface area (Å²) in [5.41, 5.74) is 4.63. The predicted octanol–water partition coefficient (Wildman–Crippen LogP) is 6.22. The summed E-state index contributed by atoms with van der Waals surface area (Å²) in [6.45, 7) is 4.94. The Bertz CT molecular complexity index is 1520. The van der Waals surface area contributed by atoms with Crippen molar-refractivity contribution in [3.63, 3.8) is 0 Å². The SMILES string of the molecule is COc1ccccc1CN1CCCN(Cc2ccccc2OC)C1c1ccccc1NS(=O)(=O)c1ccc(C)cc1. The molecule has 0 atom stereocenters. The molecular formula is C33H37N3O4S. The van der Waals surface area contributed by atoms with Gasteiger partial charge >= 0.3 is 0 Å². The number of benzene rings is 4. The molecular weight excluding hydrogens is 534 g/mol. The fourth-order valence-corrected chi connectivity index (χ4v) is 6.61. The summed E-state index contributed by atoms with van der Waals surface area (Å²) in [5.74, 6) is 1.67. The Morgan fingerprint density at radius 2 is 1.24 bits per heavy atom. The molecule has 7 nitrogen and oxygen atoms in total. The van der Waals surface area contributed by atoms with E-state index in [2.05, 4.69) is 26.7 Å². The minimum Gasteiger partial charge on any atom is -0.496 e. The first kappa shape index (κ1) is 28.7. The van der Waals surface area contributed by atoms with Crippen molar-refractivity contribution in [2.75, 3.05) is 32.0 Å². The van der Waals surface area contributed by atoms with Gasteiger partial charge in [0, 0.05) is 42.9 Å². The molecule has 0 spiro atoms. The number of nitrogens with zero attached hydrogens (tertiary/aromatic N) is 2. The standard InChI is InChI=1S/C33H37N3O4S/c1-25-17-19-28(20-18-25)41(37,38)34-30-14-7-6-13-29(30)33-35(23-26-11-4-8-15-31(26)39-2)21-10-22-36(33)24-27-12-5-9-16-32(27)40-3/h4-9,11-20,33-34H,10,21-24H2,1-3H3. The number of hydrogen-bond acceptors (Lipinski definition) is 6. The summed E-state index contributed by atoms with van der Waals surface area (Å²) in [6.07, 6.45) is 0.772. The van der Waals surface area contributed by atoms with E-state index in [0.717, 1.165) is 53.3 Å². The second-order valence-electron chi connectivity index (χ2n) is 10.3. The third-order valence-corrected chi connectivity index (χ3v) is 8.91. The van der Waals surface area contributed by atoms with Crippen LogP contribution in [-0.2, 0) is 23.1 Å². The molecule has 1 heterocycles. The number of anilines is 1. The van der Waals surface area contributed by atoms with Crippen LogP contribution in [0.4, 0.5) is 5.69 Å². The van der Waals surface area contributed by atoms with Crippen molar-refractivity contribution >= 4 is 15.7 Å². The van der Waals surface area contributed by atoms with Gasteiger partial charge in [-0.3, -0.25) is 14.5 Å². The molecule has 1 aliphatic rings. The van der Waals surface area contributed by atoms with Crippen molar-refractivity contribution in [1.82, 2.24) is 9.80 Å². The normalized spacial score (nSPS) is 15.0. The summed E-state index contributed by atoms with van der Waals surface area (Å²) in [6, 6.07) is 30.7. The number of aryl methyl sites for hydroxylation is 1. The fraction of sp³-hybridized carbons (Fsp3) is 0.273. The van der Waals surface area contributed by atoms with Crippen LogP contribution in [0.3, 0.4) is 0 Å². The van der Waals surface area contributed by atoms with E-state index >= 15 is 0 Å². The molecule has 1 fully saturated rings. The summed E-state index contributed by atoms with van der Waals surface area (Å²) in [5, 5.41) is 0. The maximum atomic E-state index is 13.5. The van der Waals surface area contributed by atoms with E-state index in [0.29, 0.717) is 18.8 Å². The van der Waals surface area contributed by atoms with Gasteiger partial charge in [-0.15, -0.1) is 0 Å². The van der Waals surface area contributed by atoms with Crippen LogP contribution < -0.4 is 14.2 Å². The van der Waals surface area contributed by atoms with Gasteiger partial charge in [0.1, 0.15) is 11.5 Å². The van der Waals surface area contributed by atoms with E-state index in [1.807, 2.05) is 79.7 Å². The van der Waals surface area contributed by atoms with E-state index in [1.54, 1.807) is 26.4 Å². The van der Waals surface area contributed by atoms with Crippen LogP contribution in [0.25, 0.3) is 0 Å². The molecule has 1 N–H and O–H groups in total. The highest BCUT2D eigenvalue weighted by Gasteiger charge is 2.34. The molecule has 1 saturated heterocycles. The highest BCUT2D eigenvalue weighted by atomic mass is 32.2. The average Bonchev–Trinajstić information content (AvgIpc) is 2.98. The smallest absolute Gasteiger partial charge is 0.261 e. The van der Waals surface area contributed by atoms with Crippen molar-refractivity contribution in [3.8, 4) is 11.5 Å². The fourth-order valence-electron chi connectivity index (χ4n) is 5.52. The van der Waals surface area contributed by atoms with E-state index in [9.17, 15) is 8.42 Å². The minimum absolute atomic E-state index is 0.199. The van der Waals surface area contributed by atoms with Crippen molar-refractivity contribution in [3.05, 3.63) is 119 Å². The summed E-state index contributed by atoms with van der Waals surface area (Å²) in [4.78, 5) is 5.03. The van der Waals surface area contributed by atoms with Crippen molar-refractivity contribution in [2.45, 2.75) is 37.5 Å². The van der Waals surface area contributed by atoms with Crippen LogP contribution in [-0.4, -0.2) is 45.5 Å². The lowest BCUT2D eigenvalue weighted by Gasteiger charge is -2.45. The Hall–Kier alpha value is -3.85. The number of sulfonamides is 1. The van der Waals surface area contributed by atoms with Crippen molar-refractivity contribution in [1.29, 1.82) is 0 Å². The molecule has 0 bridgehead atoms. The Morgan fingerprint density at radius 3 is 1.80 bits per heavy atom. The second-order valence-corrected chi connectivity index (χ2v) is 12.0. The average molecular weight is 572 g/mol. The maximum Gasteiger partial charge on any atom is 0.261 e. The topological polar surface area (TPSA) is 71.1 Å². The zero-order chi connectivity index (χ0) is 28.8. The third kappa shape index (κ3) is 6.56. The van der Waals surface area contributed by atoms with Gasteiger partial charge in [0.15, 0.2) is 0 Å². The molecule has 0 unspecified atom stereocenters. The van der Waals surface area contributed by atoms with Crippen LogP contribution in [0.2, 0.25) is 0 Å². The third-order valence-electron chi connectivity index (χ3n) is 7.53. The predicted molar refractivity (Wildman–Crippen MR) is 163 cm³/mol. The van der Waals surface area contributed by atoms with Gasteiger partial charge in [-0.1, -0.05) is 72.3 Å². The molecule has 0 radical (unpaired) electrons. The first-order valence-corrected chi connectivity index (χ1v) is 15.3. The first-order valence-electron chi connectivity index (χ1n) is 13.8. The molecule has 0 aliphatic carbocycles. The minimum atomic E-state index is -3.79. The van der Waals surface area contributed by atoms with Crippen molar-refractivity contribution < 1.29 is 17.9 Å². The summed E-state index contributed by atoms with van der Waals surface area (Å²) in [7, 11) is -0.412. The largest absolute Gasteiger partial charge is 0.496 e. The molecule has 214 valence electrons. The Kier molecular flexibility index (Phi) is 8.93. The van der Waals surface area contributed by atoms with E-state index in [4.69, 9.17) is 9.47 Å². The van der Waals surface area contributed by atoms with Crippen LogP contribution >= 0.6 is 0 Å². The second kappa shape index (κ2) is 12.8. The molecule has 0 aromatic heterocycles. The lowest BCUT2D eigenvalue weighted by Crippen LogP contribution is -2.47. The lowest BCUT2D eigenvalue weighted by molar-refractivity contribution is -0.00933. The molecule has 1 aliphatic heterocycles. The number of hydrogen-bond donors (Lipinski definition) is 1. The number of nitrogens with one attached hydrogen (secondary N) is 1. The quantitative estimate of drug-likeness (QED) is 0.244. The molecule has 4 aromatic carbocycles. The van der Waals surface area contributed by atoms with Crippen LogP contribution in [0, 0.1) is 6.92 Å². The monoisotopic (exact) mass is 571 g/mol. The lowest BCUT2D eigenvalue weighted by atomic mass is 10.0. The van der Waals surface area contributed by atoms with Gasteiger partial charge in [0.25, 0.3) is 10.0 Å². The van der Waals surface area contributed by atoms with Gasteiger partial charge in [0.05, 0.1) is 31.0 Å². The Balaban J connectivity index is 1.56. The van der Waals surface area contributed by atoms with Gasteiger partial charge in [-0.25, -0.2) is 8.42 Å². The molecule has 0 saturated carbocycles. The van der Waals surface area contributed by atoms with E-state index in [-0.39, 0.29) is 11.1 Å².